The molecule has 5 heteroatoms. The maximum absolute atomic E-state index is 12.3. The minimum Gasteiger partial charge on any atom is -0.495 e. The van der Waals surface area contributed by atoms with Crippen LogP contribution in [0.15, 0.2) is 59.1 Å². The summed E-state index contributed by atoms with van der Waals surface area (Å²) >= 11 is 0. The highest BCUT2D eigenvalue weighted by Crippen LogP contribution is 2.26. The quantitative estimate of drug-likeness (QED) is 0.793. The Bertz CT molecular complexity index is 825. The van der Waals surface area contributed by atoms with E-state index in [1.165, 1.54) is 0 Å². The predicted octanol–water partition coefficient (Wildman–Crippen LogP) is 3.91. The van der Waals surface area contributed by atoms with Crippen LogP contribution in [-0.4, -0.2) is 18.2 Å². The number of anilines is 1. The van der Waals surface area contributed by atoms with Gasteiger partial charge in [-0.2, -0.15) is 0 Å². The molecule has 0 atom stereocenters. The Morgan fingerprint density at radius 2 is 1.91 bits per heavy atom. The molecule has 5 nitrogen and oxygen atoms in total. The predicted molar refractivity (Wildman–Crippen MR) is 87.6 cm³/mol. The monoisotopic (exact) mass is 308 g/mol. The van der Waals surface area contributed by atoms with Gasteiger partial charge in [0.25, 0.3) is 5.91 Å². The van der Waals surface area contributed by atoms with E-state index in [4.69, 9.17) is 9.26 Å². The molecule has 0 aliphatic rings. The van der Waals surface area contributed by atoms with Crippen LogP contribution in [-0.2, 0) is 0 Å². The summed E-state index contributed by atoms with van der Waals surface area (Å²) in [7, 11) is 1.56. The lowest BCUT2D eigenvalue weighted by Gasteiger charge is -2.09. The first-order valence-electron chi connectivity index (χ1n) is 7.15. The third-order valence-corrected chi connectivity index (χ3v) is 3.40. The molecule has 1 N–H and O–H groups in total. The van der Waals surface area contributed by atoms with Gasteiger partial charge in [0.15, 0.2) is 11.5 Å². The van der Waals surface area contributed by atoms with Gasteiger partial charge in [-0.05, 0) is 24.6 Å². The van der Waals surface area contributed by atoms with Crippen molar-refractivity contribution < 1.29 is 14.1 Å². The number of carbonyl (C=O) groups is 1. The van der Waals surface area contributed by atoms with Crippen LogP contribution in [0.3, 0.4) is 0 Å². The summed E-state index contributed by atoms with van der Waals surface area (Å²) in [4.78, 5) is 12.3. The number of aromatic nitrogens is 1. The molecule has 3 aromatic rings. The topological polar surface area (TPSA) is 64.4 Å². The Labute approximate surface area is 133 Å². The second-order valence-electron chi connectivity index (χ2n) is 5.10. The second kappa shape index (κ2) is 6.36. The lowest BCUT2D eigenvalue weighted by Crippen LogP contribution is -2.13. The van der Waals surface area contributed by atoms with Gasteiger partial charge >= 0.3 is 0 Å². The number of hydrogen-bond donors (Lipinski definition) is 1. The van der Waals surface area contributed by atoms with Crippen molar-refractivity contribution in [3.05, 3.63) is 65.9 Å². The summed E-state index contributed by atoms with van der Waals surface area (Å²) in [5.41, 5.74) is 2.70. The molecule has 1 heterocycles. The Morgan fingerprint density at radius 1 is 1.13 bits per heavy atom. The Hall–Kier alpha value is -3.08. The zero-order chi connectivity index (χ0) is 16.2. The molecule has 0 saturated heterocycles. The van der Waals surface area contributed by atoms with Crippen molar-refractivity contribution in [2.75, 3.05) is 12.4 Å². The molecular weight excluding hydrogens is 292 g/mol. The van der Waals surface area contributed by atoms with E-state index in [0.29, 0.717) is 17.2 Å². The van der Waals surface area contributed by atoms with Crippen molar-refractivity contribution in [3.8, 4) is 17.1 Å². The molecule has 0 radical (unpaired) electrons. The van der Waals surface area contributed by atoms with Crippen molar-refractivity contribution in [3.63, 3.8) is 0 Å². The van der Waals surface area contributed by atoms with Crippen LogP contribution in [0, 0.1) is 6.92 Å². The Balaban J connectivity index is 1.82. The van der Waals surface area contributed by atoms with E-state index < -0.39 is 0 Å². The normalized spacial score (nSPS) is 10.3. The Kier molecular flexibility index (Phi) is 4.10. The van der Waals surface area contributed by atoms with Gasteiger partial charge in [0, 0.05) is 11.6 Å². The van der Waals surface area contributed by atoms with Gasteiger partial charge in [0.2, 0.25) is 0 Å². The molecule has 0 fully saturated rings. The molecule has 0 aliphatic heterocycles. The number of methoxy groups -OCH3 is 1. The molecule has 2 aromatic carbocycles. The lowest BCUT2D eigenvalue weighted by molar-refractivity contribution is 0.101. The average Bonchev–Trinajstić information content (AvgIpc) is 3.06. The SMILES string of the molecule is COc1ccc(C)cc1NC(=O)c1cc(-c2ccccc2)on1. The summed E-state index contributed by atoms with van der Waals surface area (Å²) in [6, 6.07) is 16.7. The highest BCUT2D eigenvalue weighted by atomic mass is 16.5. The van der Waals surface area contributed by atoms with Gasteiger partial charge in [-0.15, -0.1) is 0 Å². The van der Waals surface area contributed by atoms with Crippen molar-refractivity contribution >= 4 is 11.6 Å². The van der Waals surface area contributed by atoms with Crippen molar-refractivity contribution in [2.24, 2.45) is 0 Å². The number of nitrogens with zero attached hydrogens (tertiary/aromatic N) is 1. The molecule has 1 aromatic heterocycles. The van der Waals surface area contributed by atoms with E-state index in [9.17, 15) is 4.79 Å². The minimum absolute atomic E-state index is 0.215. The van der Waals surface area contributed by atoms with E-state index in [1.54, 1.807) is 13.2 Å². The number of carbonyl (C=O) groups excluding carboxylic acids is 1. The summed E-state index contributed by atoms with van der Waals surface area (Å²) in [5.74, 6) is 0.794. The zero-order valence-electron chi connectivity index (χ0n) is 12.9. The number of nitrogens with one attached hydrogen (secondary N) is 1. The minimum atomic E-state index is -0.347. The van der Waals surface area contributed by atoms with Crippen LogP contribution in [0.5, 0.6) is 5.75 Å². The number of ether oxygens (including phenoxy) is 1. The average molecular weight is 308 g/mol. The molecule has 0 unspecified atom stereocenters. The molecule has 0 spiro atoms. The van der Waals surface area contributed by atoms with Crippen molar-refractivity contribution in [2.45, 2.75) is 6.92 Å². The van der Waals surface area contributed by atoms with E-state index in [2.05, 4.69) is 10.5 Å². The third kappa shape index (κ3) is 3.23. The Morgan fingerprint density at radius 3 is 2.65 bits per heavy atom. The van der Waals surface area contributed by atoms with Gasteiger partial charge < -0.3 is 14.6 Å². The molecule has 1 amide bonds. The van der Waals surface area contributed by atoms with E-state index in [-0.39, 0.29) is 11.6 Å². The highest BCUT2D eigenvalue weighted by Gasteiger charge is 2.15. The van der Waals surface area contributed by atoms with E-state index in [0.717, 1.165) is 11.1 Å². The molecular formula is C18H16N2O3. The number of hydrogen-bond acceptors (Lipinski definition) is 4. The lowest BCUT2D eigenvalue weighted by atomic mass is 10.1. The summed E-state index contributed by atoms with van der Waals surface area (Å²) in [6.45, 7) is 1.94. The van der Waals surface area contributed by atoms with Gasteiger partial charge in [0.05, 0.1) is 12.8 Å². The van der Waals surface area contributed by atoms with Gasteiger partial charge in [-0.1, -0.05) is 41.6 Å². The largest absolute Gasteiger partial charge is 0.495 e. The summed E-state index contributed by atoms with van der Waals surface area (Å²) in [6.07, 6.45) is 0. The van der Waals surface area contributed by atoms with Gasteiger partial charge in [-0.25, -0.2) is 0 Å². The third-order valence-electron chi connectivity index (χ3n) is 3.40. The van der Waals surface area contributed by atoms with Crippen LogP contribution >= 0.6 is 0 Å². The van der Waals surface area contributed by atoms with Crippen molar-refractivity contribution in [1.82, 2.24) is 5.16 Å². The van der Waals surface area contributed by atoms with Crippen LogP contribution in [0.2, 0.25) is 0 Å². The number of rotatable bonds is 4. The molecule has 0 bridgehead atoms. The summed E-state index contributed by atoms with van der Waals surface area (Å²) < 4.78 is 10.5. The fourth-order valence-corrected chi connectivity index (χ4v) is 2.23. The second-order valence-corrected chi connectivity index (χ2v) is 5.10. The zero-order valence-corrected chi connectivity index (χ0v) is 12.9. The van der Waals surface area contributed by atoms with Gasteiger partial charge in [0.1, 0.15) is 5.75 Å². The molecule has 116 valence electrons. The first kappa shape index (κ1) is 14.8. The maximum atomic E-state index is 12.3. The summed E-state index contributed by atoms with van der Waals surface area (Å²) in [5, 5.41) is 6.64. The molecule has 0 saturated carbocycles. The first-order chi connectivity index (χ1) is 11.2. The number of aryl methyl sites for hydroxylation is 1. The molecule has 0 aliphatic carbocycles. The first-order valence-corrected chi connectivity index (χ1v) is 7.15. The van der Waals surface area contributed by atoms with Crippen LogP contribution in [0.4, 0.5) is 5.69 Å². The van der Waals surface area contributed by atoms with E-state index in [1.807, 2.05) is 55.5 Å². The fourth-order valence-electron chi connectivity index (χ4n) is 2.23. The standard InChI is InChI=1S/C18H16N2O3/c1-12-8-9-16(22-2)14(10-12)19-18(21)15-11-17(23-20-15)13-6-4-3-5-7-13/h3-11H,1-2H3,(H,19,21). The molecule has 23 heavy (non-hydrogen) atoms. The van der Waals surface area contributed by atoms with Gasteiger partial charge in [-0.3, -0.25) is 4.79 Å². The van der Waals surface area contributed by atoms with Crippen LogP contribution < -0.4 is 10.1 Å². The van der Waals surface area contributed by atoms with Crippen LogP contribution in [0.1, 0.15) is 16.1 Å². The maximum Gasteiger partial charge on any atom is 0.277 e. The smallest absolute Gasteiger partial charge is 0.277 e. The number of amides is 1. The van der Waals surface area contributed by atoms with E-state index >= 15 is 0 Å². The van der Waals surface area contributed by atoms with Crippen molar-refractivity contribution in [1.29, 1.82) is 0 Å². The highest BCUT2D eigenvalue weighted by molar-refractivity contribution is 6.04. The number of benzene rings is 2. The molecule has 3 rings (SSSR count). The van der Waals surface area contributed by atoms with Crippen LogP contribution in [0.25, 0.3) is 11.3 Å². The fraction of sp³-hybridized carbons (Fsp3) is 0.111.